The number of amides is 1. The van der Waals surface area contributed by atoms with E-state index in [9.17, 15) is 4.79 Å². The molecule has 1 aliphatic rings. The maximum atomic E-state index is 12.2. The molecule has 4 heteroatoms. The zero-order valence-corrected chi connectivity index (χ0v) is 13.8. The van der Waals surface area contributed by atoms with Gasteiger partial charge in [-0.3, -0.25) is 4.79 Å². The normalized spacial score (nSPS) is 16.5. The van der Waals surface area contributed by atoms with Gasteiger partial charge < -0.3 is 15.0 Å². The number of nitrogens with one attached hydrogen (secondary N) is 1. The van der Waals surface area contributed by atoms with Crippen LogP contribution in [0.15, 0.2) is 24.3 Å². The van der Waals surface area contributed by atoms with Crippen LogP contribution in [0.25, 0.3) is 0 Å². The van der Waals surface area contributed by atoms with E-state index in [4.69, 9.17) is 4.74 Å². The lowest BCUT2D eigenvalue weighted by atomic mass is 10.2. The Kier molecular flexibility index (Phi) is 6.72. The molecular weight excluding hydrogens is 276 g/mol. The van der Waals surface area contributed by atoms with Gasteiger partial charge in [0.25, 0.3) is 5.91 Å². The minimum Gasteiger partial charge on any atom is -0.481 e. The first-order valence-corrected chi connectivity index (χ1v) is 8.42. The third-order valence-corrected chi connectivity index (χ3v) is 4.08. The summed E-state index contributed by atoms with van der Waals surface area (Å²) in [6.07, 6.45) is 3.90. The lowest BCUT2D eigenvalue weighted by molar-refractivity contribution is -0.128. The summed E-state index contributed by atoms with van der Waals surface area (Å²) in [6.45, 7) is 8.22. The fourth-order valence-corrected chi connectivity index (χ4v) is 2.81. The number of rotatable bonds is 8. The Labute approximate surface area is 133 Å². The van der Waals surface area contributed by atoms with Crippen LogP contribution in [0, 0.1) is 6.92 Å². The highest BCUT2D eigenvalue weighted by Gasteiger charge is 2.18. The molecule has 0 saturated carbocycles. The quantitative estimate of drug-likeness (QED) is 0.751. The molecule has 0 aromatic heterocycles. The molecule has 1 aromatic carbocycles. The molecule has 1 aliphatic heterocycles. The molecule has 1 N–H and O–H groups in total. The molecule has 1 saturated heterocycles. The second-order valence-electron chi connectivity index (χ2n) is 6.02. The SMILES string of the molecule is CCC(Oc1cccc(C)c1)C(=O)NCCCN1CCCC1. The number of aryl methyl sites for hydroxylation is 1. The monoisotopic (exact) mass is 304 g/mol. The average Bonchev–Trinajstić information content (AvgIpc) is 3.02. The first-order valence-electron chi connectivity index (χ1n) is 8.42. The summed E-state index contributed by atoms with van der Waals surface area (Å²) in [5.41, 5.74) is 1.14. The summed E-state index contributed by atoms with van der Waals surface area (Å²) >= 11 is 0. The molecule has 0 radical (unpaired) electrons. The molecule has 2 rings (SSSR count). The predicted molar refractivity (Wildman–Crippen MR) is 89.2 cm³/mol. The van der Waals surface area contributed by atoms with Crippen LogP contribution in [-0.4, -0.2) is 43.1 Å². The lowest BCUT2D eigenvalue weighted by Crippen LogP contribution is -2.39. The van der Waals surface area contributed by atoms with Crippen molar-refractivity contribution in [2.45, 2.75) is 45.6 Å². The summed E-state index contributed by atoms with van der Waals surface area (Å²) in [5, 5.41) is 3.00. The Balaban J connectivity index is 1.71. The van der Waals surface area contributed by atoms with Gasteiger partial charge in [0, 0.05) is 6.54 Å². The van der Waals surface area contributed by atoms with Crippen LogP contribution in [0.5, 0.6) is 5.75 Å². The standard InChI is InChI=1S/C18H28N2O2/c1-3-17(22-16-9-6-8-15(2)14-16)18(21)19-10-7-13-20-11-4-5-12-20/h6,8-9,14,17H,3-5,7,10-13H2,1-2H3,(H,19,21). The van der Waals surface area contributed by atoms with Crippen LogP contribution in [0.2, 0.25) is 0 Å². The molecule has 1 aromatic rings. The first-order chi connectivity index (χ1) is 10.7. The van der Waals surface area contributed by atoms with Crippen LogP contribution in [0.4, 0.5) is 0 Å². The molecular formula is C18H28N2O2. The van der Waals surface area contributed by atoms with Crippen LogP contribution in [-0.2, 0) is 4.79 Å². The van der Waals surface area contributed by atoms with Crippen LogP contribution < -0.4 is 10.1 Å². The highest BCUT2D eigenvalue weighted by Crippen LogP contribution is 2.15. The maximum Gasteiger partial charge on any atom is 0.261 e. The van der Waals surface area contributed by atoms with Gasteiger partial charge in [0.05, 0.1) is 0 Å². The van der Waals surface area contributed by atoms with Gasteiger partial charge in [-0.15, -0.1) is 0 Å². The zero-order valence-electron chi connectivity index (χ0n) is 13.8. The molecule has 0 bridgehead atoms. The number of hydrogen-bond acceptors (Lipinski definition) is 3. The molecule has 1 unspecified atom stereocenters. The molecule has 122 valence electrons. The van der Waals surface area contributed by atoms with Crippen LogP contribution >= 0.6 is 0 Å². The highest BCUT2D eigenvalue weighted by molar-refractivity contribution is 5.81. The fourth-order valence-electron chi connectivity index (χ4n) is 2.81. The molecule has 22 heavy (non-hydrogen) atoms. The van der Waals surface area contributed by atoms with Gasteiger partial charge in [-0.25, -0.2) is 0 Å². The van der Waals surface area contributed by atoms with Crippen molar-refractivity contribution in [2.75, 3.05) is 26.2 Å². The van der Waals surface area contributed by atoms with Crippen molar-refractivity contribution in [3.05, 3.63) is 29.8 Å². The second kappa shape index (κ2) is 8.79. The molecule has 0 spiro atoms. The Morgan fingerprint density at radius 3 is 2.82 bits per heavy atom. The summed E-state index contributed by atoms with van der Waals surface area (Å²) in [7, 11) is 0. The molecule has 0 aliphatic carbocycles. The van der Waals surface area contributed by atoms with Gasteiger partial charge in [-0.05, 0) is 69.9 Å². The number of benzene rings is 1. The summed E-state index contributed by atoms with van der Waals surface area (Å²) in [4.78, 5) is 14.7. The predicted octanol–water partition coefficient (Wildman–Crippen LogP) is 2.75. The van der Waals surface area contributed by atoms with Crippen molar-refractivity contribution in [1.82, 2.24) is 10.2 Å². The first kappa shape index (κ1) is 16.8. The van der Waals surface area contributed by atoms with Crippen molar-refractivity contribution < 1.29 is 9.53 Å². The molecule has 1 heterocycles. The van der Waals surface area contributed by atoms with Crippen molar-refractivity contribution in [2.24, 2.45) is 0 Å². The summed E-state index contributed by atoms with van der Waals surface area (Å²) in [6, 6.07) is 7.83. The van der Waals surface area contributed by atoms with E-state index in [1.165, 1.54) is 25.9 Å². The number of hydrogen-bond donors (Lipinski definition) is 1. The molecule has 1 amide bonds. The third-order valence-electron chi connectivity index (χ3n) is 4.08. The fraction of sp³-hybridized carbons (Fsp3) is 0.611. The smallest absolute Gasteiger partial charge is 0.261 e. The number of likely N-dealkylation sites (tertiary alicyclic amines) is 1. The van der Waals surface area contributed by atoms with Gasteiger partial charge in [0.2, 0.25) is 0 Å². The van der Waals surface area contributed by atoms with E-state index in [0.717, 1.165) is 30.8 Å². The molecule has 4 nitrogen and oxygen atoms in total. The summed E-state index contributed by atoms with van der Waals surface area (Å²) < 4.78 is 5.81. The van der Waals surface area contributed by atoms with Gasteiger partial charge in [-0.1, -0.05) is 19.1 Å². The summed E-state index contributed by atoms with van der Waals surface area (Å²) in [5.74, 6) is 0.754. The van der Waals surface area contributed by atoms with Crippen molar-refractivity contribution in [3.8, 4) is 5.75 Å². The Hall–Kier alpha value is -1.55. The Bertz CT molecular complexity index is 470. The third kappa shape index (κ3) is 5.34. The van der Waals surface area contributed by atoms with Gasteiger partial charge in [-0.2, -0.15) is 0 Å². The topological polar surface area (TPSA) is 41.6 Å². The van der Waals surface area contributed by atoms with E-state index in [-0.39, 0.29) is 5.91 Å². The van der Waals surface area contributed by atoms with E-state index in [2.05, 4.69) is 10.2 Å². The second-order valence-corrected chi connectivity index (χ2v) is 6.02. The van der Waals surface area contributed by atoms with Gasteiger partial charge in [0.1, 0.15) is 5.75 Å². The van der Waals surface area contributed by atoms with Gasteiger partial charge in [0.15, 0.2) is 6.10 Å². The lowest BCUT2D eigenvalue weighted by Gasteiger charge is -2.18. The number of ether oxygens (including phenoxy) is 1. The van der Waals surface area contributed by atoms with E-state index >= 15 is 0 Å². The molecule has 1 atom stereocenters. The number of nitrogens with zero attached hydrogens (tertiary/aromatic N) is 1. The van der Waals surface area contributed by atoms with Crippen molar-refractivity contribution >= 4 is 5.91 Å². The zero-order chi connectivity index (χ0) is 15.8. The molecule has 1 fully saturated rings. The minimum atomic E-state index is -0.409. The minimum absolute atomic E-state index is 0.00886. The highest BCUT2D eigenvalue weighted by atomic mass is 16.5. The van der Waals surface area contributed by atoms with E-state index in [1.807, 2.05) is 38.1 Å². The number of carbonyl (C=O) groups excluding carboxylic acids is 1. The average molecular weight is 304 g/mol. The Morgan fingerprint density at radius 1 is 1.36 bits per heavy atom. The number of carbonyl (C=O) groups is 1. The van der Waals surface area contributed by atoms with E-state index in [0.29, 0.717) is 6.42 Å². The van der Waals surface area contributed by atoms with Crippen LogP contribution in [0.3, 0.4) is 0 Å². The van der Waals surface area contributed by atoms with Crippen LogP contribution in [0.1, 0.15) is 38.2 Å². The maximum absolute atomic E-state index is 12.2. The van der Waals surface area contributed by atoms with E-state index in [1.54, 1.807) is 0 Å². The van der Waals surface area contributed by atoms with Crippen molar-refractivity contribution in [3.63, 3.8) is 0 Å². The van der Waals surface area contributed by atoms with Gasteiger partial charge >= 0.3 is 0 Å². The van der Waals surface area contributed by atoms with Crippen molar-refractivity contribution in [1.29, 1.82) is 0 Å². The Morgan fingerprint density at radius 2 is 2.14 bits per heavy atom. The largest absolute Gasteiger partial charge is 0.481 e. The van der Waals surface area contributed by atoms with E-state index < -0.39 is 6.10 Å².